The number of halogens is 4. The van der Waals surface area contributed by atoms with Gasteiger partial charge in [-0.3, -0.25) is 4.79 Å². The summed E-state index contributed by atoms with van der Waals surface area (Å²) in [4.78, 5) is 11.8. The van der Waals surface area contributed by atoms with Crippen LogP contribution in [0.5, 0.6) is 0 Å². The van der Waals surface area contributed by atoms with Crippen molar-refractivity contribution in [1.29, 1.82) is 0 Å². The van der Waals surface area contributed by atoms with Crippen LogP contribution in [0.4, 0.5) is 18.9 Å². The zero-order valence-electron chi connectivity index (χ0n) is 14.8. The summed E-state index contributed by atoms with van der Waals surface area (Å²) < 4.78 is 69.1. The van der Waals surface area contributed by atoms with Gasteiger partial charge in [-0.1, -0.05) is 0 Å². The molecule has 0 bridgehead atoms. The molecule has 0 aliphatic heterocycles. The lowest BCUT2D eigenvalue weighted by Gasteiger charge is -2.13. The summed E-state index contributed by atoms with van der Waals surface area (Å²) in [7, 11) is -3.74. The Kier molecular flexibility index (Phi) is 10.3. The number of nitrogens with two attached hydrogens (primary N) is 1. The minimum Gasteiger partial charge on any atom is -0.378 e. The molecule has 1 aromatic carbocycles. The largest absolute Gasteiger partial charge is 0.416 e. The summed E-state index contributed by atoms with van der Waals surface area (Å²) in [5, 5.41) is 2.22. The molecule has 1 amide bonds. The average Bonchev–Trinajstić information content (AvgIpc) is 2.51. The Bertz CT molecular complexity index is 728. The molecule has 0 saturated carbocycles. The zero-order valence-corrected chi connectivity index (χ0v) is 16.4. The van der Waals surface area contributed by atoms with Crippen molar-refractivity contribution in [3.63, 3.8) is 0 Å². The first-order valence-corrected chi connectivity index (χ1v) is 9.38. The molecule has 0 radical (unpaired) electrons. The smallest absolute Gasteiger partial charge is 0.378 e. The Labute approximate surface area is 162 Å². The second-order valence-corrected chi connectivity index (χ2v) is 7.65. The molecular weight excluding hydrogens is 411 g/mol. The van der Waals surface area contributed by atoms with Crippen LogP contribution in [-0.2, 0) is 32.3 Å². The van der Waals surface area contributed by atoms with E-state index in [-0.39, 0.29) is 48.7 Å². The van der Waals surface area contributed by atoms with Gasteiger partial charge in [0.05, 0.1) is 30.6 Å². The summed E-state index contributed by atoms with van der Waals surface area (Å²) in [6.45, 7) is 2.70. The van der Waals surface area contributed by atoms with Gasteiger partial charge >= 0.3 is 6.18 Å². The highest BCUT2D eigenvalue weighted by Crippen LogP contribution is 2.31. The molecule has 1 rings (SSSR count). The van der Waals surface area contributed by atoms with E-state index in [1.54, 1.807) is 13.8 Å². The van der Waals surface area contributed by atoms with Gasteiger partial charge in [-0.25, -0.2) is 13.1 Å². The molecule has 0 saturated heterocycles. The summed E-state index contributed by atoms with van der Waals surface area (Å²) in [6, 6.07) is 2.92. The highest BCUT2D eigenvalue weighted by molar-refractivity contribution is 7.89. The fourth-order valence-corrected chi connectivity index (χ4v) is 2.70. The third kappa shape index (κ3) is 9.91. The number of sulfonamides is 1. The number of nitrogens with one attached hydrogen (secondary N) is 2. The van der Waals surface area contributed by atoms with Gasteiger partial charge in [0.25, 0.3) is 0 Å². The van der Waals surface area contributed by atoms with Crippen molar-refractivity contribution in [3.8, 4) is 0 Å². The van der Waals surface area contributed by atoms with Gasteiger partial charge in [-0.05, 0) is 37.6 Å². The molecule has 7 nitrogen and oxygen atoms in total. The molecule has 0 aliphatic carbocycles. The minimum atomic E-state index is -4.59. The predicted molar refractivity (Wildman–Crippen MR) is 98.1 cm³/mol. The van der Waals surface area contributed by atoms with Gasteiger partial charge in [0.1, 0.15) is 0 Å². The van der Waals surface area contributed by atoms with Crippen LogP contribution in [0.1, 0.15) is 25.0 Å². The topological polar surface area (TPSA) is 111 Å². The highest BCUT2D eigenvalue weighted by atomic mass is 35.5. The Hall–Kier alpha value is -1.40. The van der Waals surface area contributed by atoms with Crippen molar-refractivity contribution < 1.29 is 31.1 Å². The number of anilines is 1. The van der Waals surface area contributed by atoms with Crippen molar-refractivity contribution >= 4 is 34.0 Å². The summed E-state index contributed by atoms with van der Waals surface area (Å²) in [6.07, 6.45) is -4.73. The number of hydrogen-bond donors (Lipinski definition) is 3. The number of amides is 1. The molecule has 0 spiro atoms. The molecule has 0 atom stereocenters. The van der Waals surface area contributed by atoms with E-state index >= 15 is 0 Å². The van der Waals surface area contributed by atoms with Crippen LogP contribution in [0.25, 0.3) is 0 Å². The quantitative estimate of drug-likeness (QED) is 0.550. The maximum absolute atomic E-state index is 12.8. The molecule has 0 unspecified atom stereocenters. The molecular formula is C15H23ClF3N3O4S. The number of benzene rings is 1. The Morgan fingerprint density at radius 3 is 2.41 bits per heavy atom. The van der Waals surface area contributed by atoms with Crippen LogP contribution in [0, 0.1) is 0 Å². The van der Waals surface area contributed by atoms with Crippen LogP contribution in [0.15, 0.2) is 18.2 Å². The van der Waals surface area contributed by atoms with E-state index in [1.165, 1.54) is 6.07 Å². The Morgan fingerprint density at radius 2 is 1.89 bits per heavy atom. The predicted octanol–water partition coefficient (Wildman–Crippen LogP) is 1.87. The van der Waals surface area contributed by atoms with Gasteiger partial charge < -0.3 is 15.8 Å². The third-order valence-corrected chi connectivity index (χ3v) is 4.38. The van der Waals surface area contributed by atoms with Crippen molar-refractivity contribution in [2.45, 2.75) is 32.7 Å². The monoisotopic (exact) mass is 433 g/mol. The first kappa shape index (κ1) is 25.6. The van der Waals surface area contributed by atoms with Gasteiger partial charge in [-0.2, -0.15) is 13.2 Å². The normalized spacial score (nSPS) is 12.0. The number of carbonyl (C=O) groups is 1. The van der Waals surface area contributed by atoms with Crippen molar-refractivity contribution in [2.75, 3.05) is 24.2 Å². The summed E-state index contributed by atoms with van der Waals surface area (Å²) in [5.74, 6) is -1.14. The van der Waals surface area contributed by atoms with Gasteiger partial charge in [0, 0.05) is 12.2 Å². The standard InChI is InChI=1S/C15H22F3N3O4S.ClH/c1-10(2)25-3-4-26(23,24)20-9-14(22)21-13-6-11(8-19)5-12(7-13)15(16,17)18;/h5-7,10,20H,3-4,8-9,19H2,1-2H3,(H,21,22);1H. The highest BCUT2D eigenvalue weighted by Gasteiger charge is 2.31. The molecule has 4 N–H and O–H groups in total. The first-order chi connectivity index (χ1) is 11.9. The molecule has 0 fully saturated rings. The Morgan fingerprint density at radius 1 is 1.26 bits per heavy atom. The van der Waals surface area contributed by atoms with Crippen LogP contribution >= 0.6 is 12.4 Å². The number of rotatable bonds is 9. The molecule has 0 aliphatic rings. The lowest BCUT2D eigenvalue weighted by atomic mass is 10.1. The van der Waals surface area contributed by atoms with Crippen LogP contribution in [0.2, 0.25) is 0 Å². The molecule has 156 valence electrons. The maximum Gasteiger partial charge on any atom is 0.416 e. The van der Waals surface area contributed by atoms with E-state index in [4.69, 9.17) is 10.5 Å². The van der Waals surface area contributed by atoms with E-state index in [0.717, 1.165) is 12.1 Å². The van der Waals surface area contributed by atoms with E-state index in [1.807, 2.05) is 0 Å². The summed E-state index contributed by atoms with van der Waals surface area (Å²) >= 11 is 0. The number of hydrogen-bond acceptors (Lipinski definition) is 5. The number of carbonyl (C=O) groups excluding carboxylic acids is 1. The molecule has 0 heterocycles. The van der Waals surface area contributed by atoms with E-state index < -0.39 is 34.2 Å². The van der Waals surface area contributed by atoms with Crippen molar-refractivity contribution in [3.05, 3.63) is 29.3 Å². The zero-order chi connectivity index (χ0) is 20.0. The fraction of sp³-hybridized carbons (Fsp3) is 0.533. The first-order valence-electron chi connectivity index (χ1n) is 7.73. The SMILES string of the molecule is CC(C)OCCS(=O)(=O)NCC(=O)Nc1cc(CN)cc(C(F)(F)F)c1.Cl. The summed E-state index contributed by atoms with van der Waals surface area (Å²) in [5.41, 5.74) is 4.47. The molecule has 27 heavy (non-hydrogen) atoms. The lowest BCUT2D eigenvalue weighted by Crippen LogP contribution is -2.35. The third-order valence-electron chi connectivity index (χ3n) is 3.10. The Balaban J connectivity index is 0.00000676. The van der Waals surface area contributed by atoms with Gasteiger partial charge in [-0.15, -0.1) is 12.4 Å². The molecule has 0 aromatic heterocycles. The van der Waals surface area contributed by atoms with Gasteiger partial charge in [0.15, 0.2) is 0 Å². The fourth-order valence-electron chi connectivity index (χ4n) is 1.89. The van der Waals surface area contributed by atoms with E-state index in [2.05, 4.69) is 10.0 Å². The van der Waals surface area contributed by atoms with Crippen LogP contribution < -0.4 is 15.8 Å². The van der Waals surface area contributed by atoms with Crippen molar-refractivity contribution in [1.82, 2.24) is 4.72 Å². The molecule has 12 heteroatoms. The van der Waals surface area contributed by atoms with Crippen molar-refractivity contribution in [2.24, 2.45) is 5.73 Å². The average molecular weight is 434 g/mol. The minimum absolute atomic E-state index is 0. The van der Waals surface area contributed by atoms with Gasteiger partial charge in [0.2, 0.25) is 15.9 Å². The van der Waals surface area contributed by atoms with E-state index in [0.29, 0.717) is 0 Å². The second-order valence-electron chi connectivity index (χ2n) is 5.73. The van der Waals surface area contributed by atoms with Crippen LogP contribution in [0.3, 0.4) is 0 Å². The van der Waals surface area contributed by atoms with Crippen LogP contribution in [-0.4, -0.2) is 39.3 Å². The number of ether oxygens (including phenoxy) is 1. The van der Waals surface area contributed by atoms with E-state index in [9.17, 15) is 26.4 Å². The lowest BCUT2D eigenvalue weighted by molar-refractivity contribution is -0.137. The number of alkyl halides is 3. The maximum atomic E-state index is 12.8. The second kappa shape index (κ2) is 10.8. The molecule has 1 aromatic rings.